The Morgan fingerprint density at radius 2 is 2.07 bits per heavy atom. The van der Waals surface area contributed by atoms with Crippen molar-refractivity contribution in [2.75, 3.05) is 25.0 Å². The first kappa shape index (κ1) is 20.9. The highest BCUT2D eigenvalue weighted by atomic mass is 16.3. The second kappa shape index (κ2) is 9.12. The van der Waals surface area contributed by atoms with E-state index in [9.17, 15) is 14.7 Å². The van der Waals surface area contributed by atoms with Gasteiger partial charge in [0.15, 0.2) is 11.5 Å². The Labute approximate surface area is 166 Å². The number of hydrogen-bond acceptors (Lipinski definition) is 8. The van der Waals surface area contributed by atoms with Crippen molar-refractivity contribution in [3.05, 3.63) is 38.5 Å². The van der Waals surface area contributed by atoms with Crippen molar-refractivity contribution in [2.45, 2.75) is 38.8 Å². The zero-order valence-electron chi connectivity index (χ0n) is 16.3. The van der Waals surface area contributed by atoms with Crippen LogP contribution in [0.25, 0.3) is 22.6 Å². The maximum atomic E-state index is 12.3. The number of hydrogen-bond donors (Lipinski definition) is 5. The summed E-state index contributed by atoms with van der Waals surface area (Å²) in [6, 6.07) is 3.77. The zero-order valence-corrected chi connectivity index (χ0v) is 16.3. The van der Waals surface area contributed by atoms with Crippen LogP contribution in [0.3, 0.4) is 0 Å². The summed E-state index contributed by atoms with van der Waals surface area (Å²) in [6.45, 7) is 3.41. The minimum absolute atomic E-state index is 0.0667. The summed E-state index contributed by atoms with van der Waals surface area (Å²) in [7, 11) is 0. The number of nitrogens with zero attached hydrogens (tertiary/aromatic N) is 3. The van der Waals surface area contributed by atoms with Gasteiger partial charge in [-0.15, -0.1) is 0 Å². The van der Waals surface area contributed by atoms with E-state index >= 15 is 0 Å². The molecule has 0 bridgehead atoms. The summed E-state index contributed by atoms with van der Waals surface area (Å²) in [5, 5.41) is 22.4. The summed E-state index contributed by atoms with van der Waals surface area (Å²) in [6.07, 6.45) is 0.670. The Bertz CT molecular complexity index is 1080. The number of aryl methyl sites for hydroxylation is 2. The number of nitrogens with two attached hydrogens (primary N) is 1. The van der Waals surface area contributed by atoms with Gasteiger partial charge in [0.05, 0.1) is 17.1 Å². The van der Waals surface area contributed by atoms with Crippen LogP contribution in [-0.4, -0.2) is 55.5 Å². The molecule has 1 aromatic carbocycles. The third kappa shape index (κ3) is 4.61. The number of aliphatic hydroxyl groups excluding tert-OH is 2. The van der Waals surface area contributed by atoms with Gasteiger partial charge in [0.1, 0.15) is 0 Å². The molecule has 0 radical (unpaired) electrons. The number of H-pyrrole nitrogens is 1. The van der Waals surface area contributed by atoms with Crippen molar-refractivity contribution in [1.82, 2.24) is 19.5 Å². The molecule has 156 valence electrons. The molecule has 10 nitrogen and oxygen atoms in total. The van der Waals surface area contributed by atoms with Gasteiger partial charge < -0.3 is 25.8 Å². The van der Waals surface area contributed by atoms with Crippen LogP contribution in [0.4, 0.5) is 5.69 Å². The lowest BCUT2D eigenvalue weighted by Crippen LogP contribution is -2.29. The molecule has 2 heterocycles. The topological polar surface area (TPSA) is 159 Å². The summed E-state index contributed by atoms with van der Waals surface area (Å²) in [4.78, 5) is 34.6. The van der Waals surface area contributed by atoms with Gasteiger partial charge >= 0.3 is 5.69 Å². The van der Waals surface area contributed by atoms with E-state index in [4.69, 9.17) is 10.8 Å². The molecule has 0 fully saturated rings. The molecule has 29 heavy (non-hydrogen) atoms. The lowest BCUT2D eigenvalue weighted by molar-refractivity contribution is 0.121. The Hall–Kier alpha value is -2.82. The molecule has 0 aliphatic carbocycles. The van der Waals surface area contributed by atoms with Gasteiger partial charge in [-0.1, -0.05) is 0 Å². The second-order valence-corrected chi connectivity index (χ2v) is 6.99. The number of fused-ring (bicyclic) bond motifs is 2. The fraction of sp³-hybridized carbons (Fsp3) is 0.474. The van der Waals surface area contributed by atoms with E-state index in [1.807, 2.05) is 19.1 Å². The number of rotatable bonds is 9. The van der Waals surface area contributed by atoms with E-state index in [-0.39, 0.29) is 24.5 Å². The molecule has 1 aromatic rings. The average molecular weight is 402 g/mol. The fourth-order valence-corrected chi connectivity index (χ4v) is 3.26. The van der Waals surface area contributed by atoms with Gasteiger partial charge in [-0.2, -0.15) is 4.98 Å². The van der Waals surface area contributed by atoms with Crippen LogP contribution in [0.5, 0.6) is 0 Å². The summed E-state index contributed by atoms with van der Waals surface area (Å²) >= 11 is 0. The zero-order chi connectivity index (χ0) is 21.0. The largest absolute Gasteiger partial charge is 0.396 e. The summed E-state index contributed by atoms with van der Waals surface area (Å²) in [5.74, 6) is 0.166. The van der Waals surface area contributed by atoms with Crippen molar-refractivity contribution in [2.24, 2.45) is 5.73 Å². The molecule has 3 rings (SSSR count). The van der Waals surface area contributed by atoms with Crippen molar-refractivity contribution < 1.29 is 10.2 Å². The van der Waals surface area contributed by atoms with E-state index < -0.39 is 17.4 Å². The number of benzene rings is 1. The van der Waals surface area contributed by atoms with Gasteiger partial charge in [-0.25, -0.2) is 9.78 Å². The Morgan fingerprint density at radius 1 is 1.28 bits per heavy atom. The lowest BCUT2D eigenvalue weighted by Gasteiger charge is -2.20. The Kier molecular flexibility index (Phi) is 6.57. The van der Waals surface area contributed by atoms with Gasteiger partial charge in [-0.3, -0.25) is 9.78 Å². The quantitative estimate of drug-likeness (QED) is 0.243. The Morgan fingerprint density at radius 3 is 2.79 bits per heavy atom. The second-order valence-electron chi connectivity index (χ2n) is 6.99. The van der Waals surface area contributed by atoms with Gasteiger partial charge in [0, 0.05) is 25.4 Å². The number of anilines is 1. The van der Waals surface area contributed by atoms with Crippen LogP contribution in [0.1, 0.15) is 24.8 Å². The minimum Gasteiger partial charge on any atom is -0.396 e. The van der Waals surface area contributed by atoms with Crippen LogP contribution >= 0.6 is 0 Å². The predicted molar refractivity (Wildman–Crippen MR) is 110 cm³/mol. The van der Waals surface area contributed by atoms with E-state index in [0.29, 0.717) is 37.1 Å². The molecule has 1 unspecified atom stereocenters. The SMILES string of the molecule is Cc1cc2nc3c(=O)[nH]c(=O)nc-3n(CCC(O)CCO)c2cc1NCCCN. The van der Waals surface area contributed by atoms with Gasteiger partial charge in [0.2, 0.25) is 0 Å². The monoisotopic (exact) mass is 402 g/mol. The fourth-order valence-electron chi connectivity index (χ4n) is 3.26. The van der Waals surface area contributed by atoms with Crippen LogP contribution < -0.4 is 22.3 Å². The highest BCUT2D eigenvalue weighted by Gasteiger charge is 2.20. The average Bonchev–Trinajstić information content (AvgIpc) is 2.67. The molecule has 10 heteroatoms. The smallest absolute Gasteiger partial charge is 0.349 e. The van der Waals surface area contributed by atoms with Crippen LogP contribution in [0.15, 0.2) is 21.7 Å². The highest BCUT2D eigenvalue weighted by molar-refractivity contribution is 5.84. The first-order valence-electron chi connectivity index (χ1n) is 9.62. The van der Waals surface area contributed by atoms with Crippen LogP contribution in [0.2, 0.25) is 0 Å². The van der Waals surface area contributed by atoms with Crippen LogP contribution in [0, 0.1) is 6.92 Å². The van der Waals surface area contributed by atoms with Crippen molar-refractivity contribution in [3.63, 3.8) is 0 Å². The molecular formula is C19H26N6O4. The molecule has 2 aliphatic heterocycles. The molecular weight excluding hydrogens is 376 g/mol. The molecule has 0 amide bonds. The molecule has 6 N–H and O–H groups in total. The van der Waals surface area contributed by atoms with Crippen LogP contribution in [-0.2, 0) is 6.54 Å². The highest BCUT2D eigenvalue weighted by Crippen LogP contribution is 2.27. The molecule has 0 aromatic heterocycles. The Balaban J connectivity index is 2.17. The first-order chi connectivity index (χ1) is 13.9. The normalized spacial score (nSPS) is 12.6. The third-order valence-electron chi connectivity index (χ3n) is 4.80. The lowest BCUT2D eigenvalue weighted by atomic mass is 10.1. The van der Waals surface area contributed by atoms with E-state index in [1.54, 1.807) is 4.57 Å². The molecule has 2 aliphatic rings. The standard InChI is InChI=1S/C19H26N6O4/c1-11-9-14-15(10-13(11)21-6-2-5-20)25(7-3-12(27)4-8-26)17-16(22-14)18(28)24-19(29)23-17/h9-10,12,21,26-27H,2-8,20H2,1H3,(H,24,28,29). The predicted octanol–water partition coefficient (Wildman–Crippen LogP) is -0.213. The minimum atomic E-state index is -0.748. The molecule has 1 atom stereocenters. The molecule has 0 saturated heterocycles. The number of nitrogens with one attached hydrogen (secondary N) is 2. The summed E-state index contributed by atoms with van der Waals surface area (Å²) < 4.78 is 1.72. The van der Waals surface area contributed by atoms with Gasteiger partial charge in [-0.05, 0) is 50.4 Å². The summed E-state index contributed by atoms with van der Waals surface area (Å²) in [5.41, 5.74) is 7.40. The molecule has 0 spiro atoms. The van der Waals surface area contributed by atoms with Gasteiger partial charge in [0.25, 0.3) is 5.56 Å². The van der Waals surface area contributed by atoms with E-state index in [2.05, 4.69) is 20.3 Å². The van der Waals surface area contributed by atoms with E-state index in [1.165, 1.54) is 0 Å². The number of aromatic amines is 1. The third-order valence-corrected chi connectivity index (χ3v) is 4.80. The van der Waals surface area contributed by atoms with Crippen molar-refractivity contribution in [3.8, 4) is 11.5 Å². The molecule has 0 saturated carbocycles. The van der Waals surface area contributed by atoms with Crippen molar-refractivity contribution >= 4 is 16.7 Å². The number of aliphatic hydroxyl groups is 2. The number of aromatic nitrogens is 4. The van der Waals surface area contributed by atoms with E-state index in [0.717, 1.165) is 17.7 Å². The maximum Gasteiger partial charge on any atom is 0.349 e. The maximum absolute atomic E-state index is 12.3. The van der Waals surface area contributed by atoms with Crippen molar-refractivity contribution in [1.29, 1.82) is 0 Å². The first-order valence-corrected chi connectivity index (χ1v) is 9.62.